The Morgan fingerprint density at radius 2 is 1.95 bits per heavy atom. The monoisotopic (exact) mass is 336 g/mol. The summed E-state index contributed by atoms with van der Waals surface area (Å²) in [6, 6.07) is 15.8. The molecule has 0 saturated heterocycles. The van der Waals surface area contributed by atoms with E-state index in [2.05, 4.69) is 28.1 Å². The maximum Gasteiger partial charge on any atom is 0.337 e. The van der Waals surface area contributed by atoms with Crippen LogP contribution in [0.25, 0.3) is 0 Å². The van der Waals surface area contributed by atoms with E-state index >= 15 is 0 Å². The van der Waals surface area contributed by atoms with Crippen LogP contribution in [-0.4, -0.2) is 13.1 Å². The summed E-state index contributed by atoms with van der Waals surface area (Å²) in [5, 5.41) is 0. The summed E-state index contributed by atoms with van der Waals surface area (Å²) in [5.74, 6) is 0.556. The van der Waals surface area contributed by atoms with Crippen molar-refractivity contribution < 1.29 is 9.53 Å². The molecule has 19 heavy (non-hydrogen) atoms. The quantitative estimate of drug-likeness (QED) is 0.606. The number of esters is 1. The second kappa shape index (κ2) is 6.78. The summed E-state index contributed by atoms with van der Waals surface area (Å²) in [6.07, 6.45) is 0. The van der Waals surface area contributed by atoms with E-state index in [1.807, 2.05) is 30.3 Å². The normalized spacial score (nSPS) is 10.2. The third-order valence-electron chi connectivity index (χ3n) is 2.54. The predicted octanol–water partition coefficient (Wildman–Crippen LogP) is 4.53. The number of ether oxygens (including phenoxy) is 1. The van der Waals surface area contributed by atoms with Gasteiger partial charge in [0.25, 0.3) is 0 Å². The molecule has 0 spiro atoms. The van der Waals surface area contributed by atoms with Crippen molar-refractivity contribution in [2.45, 2.75) is 10.6 Å². The van der Waals surface area contributed by atoms with Gasteiger partial charge in [-0.05, 0) is 23.8 Å². The summed E-state index contributed by atoms with van der Waals surface area (Å²) in [5.41, 5.74) is 1.82. The lowest BCUT2D eigenvalue weighted by Gasteiger charge is -2.06. The Balaban J connectivity index is 2.12. The third kappa shape index (κ3) is 4.11. The van der Waals surface area contributed by atoms with Crippen LogP contribution in [0.2, 0.25) is 0 Å². The molecule has 0 saturated carbocycles. The Hall–Kier alpha value is -1.26. The zero-order valence-corrected chi connectivity index (χ0v) is 12.8. The van der Waals surface area contributed by atoms with Crippen LogP contribution in [0.15, 0.2) is 57.9 Å². The van der Waals surface area contributed by atoms with Crippen LogP contribution in [0.1, 0.15) is 15.9 Å². The van der Waals surface area contributed by atoms with E-state index in [-0.39, 0.29) is 5.97 Å². The van der Waals surface area contributed by atoms with E-state index in [0.717, 1.165) is 15.1 Å². The van der Waals surface area contributed by atoms with Crippen LogP contribution in [0.5, 0.6) is 0 Å². The Morgan fingerprint density at radius 1 is 1.21 bits per heavy atom. The molecule has 2 aromatic carbocycles. The fourth-order valence-corrected chi connectivity index (χ4v) is 3.21. The molecule has 0 aromatic heterocycles. The van der Waals surface area contributed by atoms with E-state index < -0.39 is 0 Å². The molecule has 0 atom stereocenters. The SMILES string of the molecule is COC(=O)c1cc(Br)cc(SCc2ccccc2)c1. The number of thioether (sulfide) groups is 1. The van der Waals surface area contributed by atoms with Crippen LogP contribution >= 0.6 is 27.7 Å². The molecule has 0 aliphatic carbocycles. The van der Waals surface area contributed by atoms with Gasteiger partial charge in [-0.2, -0.15) is 0 Å². The highest BCUT2D eigenvalue weighted by atomic mass is 79.9. The van der Waals surface area contributed by atoms with Crippen molar-refractivity contribution in [3.8, 4) is 0 Å². The molecule has 0 amide bonds. The summed E-state index contributed by atoms with van der Waals surface area (Å²) < 4.78 is 5.62. The number of halogens is 1. The first-order chi connectivity index (χ1) is 9.19. The van der Waals surface area contributed by atoms with Crippen molar-refractivity contribution in [2.75, 3.05) is 7.11 Å². The molecule has 0 unspecified atom stereocenters. The molecule has 0 aliphatic rings. The molecule has 2 aromatic rings. The van der Waals surface area contributed by atoms with E-state index in [0.29, 0.717) is 5.56 Å². The average Bonchev–Trinajstić information content (AvgIpc) is 2.45. The Morgan fingerprint density at radius 3 is 2.63 bits per heavy atom. The van der Waals surface area contributed by atoms with Crippen molar-refractivity contribution in [1.29, 1.82) is 0 Å². The molecular formula is C15H13BrO2S. The van der Waals surface area contributed by atoms with E-state index in [1.165, 1.54) is 12.7 Å². The van der Waals surface area contributed by atoms with Crippen LogP contribution in [0.4, 0.5) is 0 Å². The van der Waals surface area contributed by atoms with Gasteiger partial charge in [-0.1, -0.05) is 46.3 Å². The first-order valence-corrected chi connectivity index (χ1v) is 7.52. The van der Waals surface area contributed by atoms with Crippen LogP contribution < -0.4 is 0 Å². The molecule has 0 aliphatic heterocycles. The molecule has 0 bridgehead atoms. The maximum atomic E-state index is 11.5. The van der Waals surface area contributed by atoms with Crippen molar-refractivity contribution in [1.82, 2.24) is 0 Å². The molecule has 4 heteroatoms. The predicted molar refractivity (Wildman–Crippen MR) is 81.5 cm³/mol. The van der Waals surface area contributed by atoms with Crippen molar-refractivity contribution >= 4 is 33.7 Å². The first-order valence-electron chi connectivity index (χ1n) is 5.74. The Labute approximate surface area is 125 Å². The molecule has 2 rings (SSSR count). The minimum Gasteiger partial charge on any atom is -0.465 e. The van der Waals surface area contributed by atoms with Crippen molar-refractivity contribution in [3.63, 3.8) is 0 Å². The van der Waals surface area contributed by atoms with Gasteiger partial charge in [0.2, 0.25) is 0 Å². The maximum absolute atomic E-state index is 11.5. The van der Waals surface area contributed by atoms with E-state index in [1.54, 1.807) is 17.8 Å². The fraction of sp³-hybridized carbons (Fsp3) is 0.133. The van der Waals surface area contributed by atoms with Gasteiger partial charge in [-0.15, -0.1) is 11.8 Å². The van der Waals surface area contributed by atoms with Gasteiger partial charge >= 0.3 is 5.97 Å². The molecule has 2 nitrogen and oxygen atoms in total. The lowest BCUT2D eigenvalue weighted by atomic mass is 10.2. The number of benzene rings is 2. The van der Waals surface area contributed by atoms with Gasteiger partial charge < -0.3 is 4.74 Å². The standard InChI is InChI=1S/C15H13BrO2S/c1-18-15(17)12-7-13(16)9-14(8-12)19-10-11-5-3-2-4-6-11/h2-9H,10H2,1H3. The van der Waals surface area contributed by atoms with Gasteiger partial charge in [0.05, 0.1) is 12.7 Å². The van der Waals surface area contributed by atoms with Gasteiger partial charge in [0, 0.05) is 15.1 Å². The molecule has 0 radical (unpaired) electrons. The topological polar surface area (TPSA) is 26.3 Å². The lowest BCUT2D eigenvalue weighted by Crippen LogP contribution is -2.01. The van der Waals surface area contributed by atoms with E-state index in [4.69, 9.17) is 4.74 Å². The van der Waals surface area contributed by atoms with Crippen LogP contribution in [0, 0.1) is 0 Å². The second-order valence-electron chi connectivity index (χ2n) is 3.94. The number of carbonyl (C=O) groups excluding carboxylic acids is 1. The zero-order valence-electron chi connectivity index (χ0n) is 10.4. The lowest BCUT2D eigenvalue weighted by molar-refractivity contribution is 0.0600. The van der Waals surface area contributed by atoms with E-state index in [9.17, 15) is 4.79 Å². The number of carbonyl (C=O) groups is 1. The van der Waals surface area contributed by atoms with Gasteiger partial charge in [0.15, 0.2) is 0 Å². The molecule has 0 N–H and O–H groups in total. The first kappa shape index (κ1) is 14.2. The summed E-state index contributed by atoms with van der Waals surface area (Å²) in [7, 11) is 1.39. The van der Waals surface area contributed by atoms with Crippen LogP contribution in [0.3, 0.4) is 0 Å². The van der Waals surface area contributed by atoms with Crippen molar-refractivity contribution in [3.05, 3.63) is 64.1 Å². The largest absolute Gasteiger partial charge is 0.465 e. The highest BCUT2D eigenvalue weighted by Crippen LogP contribution is 2.27. The highest BCUT2D eigenvalue weighted by molar-refractivity contribution is 9.10. The molecular weight excluding hydrogens is 324 g/mol. The number of hydrogen-bond acceptors (Lipinski definition) is 3. The number of rotatable bonds is 4. The Bertz CT molecular complexity index is 570. The van der Waals surface area contributed by atoms with Gasteiger partial charge in [0.1, 0.15) is 0 Å². The molecule has 0 heterocycles. The minimum absolute atomic E-state index is 0.317. The Kier molecular flexibility index (Phi) is 5.05. The highest BCUT2D eigenvalue weighted by Gasteiger charge is 2.08. The smallest absolute Gasteiger partial charge is 0.337 e. The van der Waals surface area contributed by atoms with Gasteiger partial charge in [-0.3, -0.25) is 0 Å². The molecule has 0 fully saturated rings. The number of hydrogen-bond donors (Lipinski definition) is 0. The zero-order chi connectivity index (χ0) is 13.7. The minimum atomic E-state index is -0.317. The summed E-state index contributed by atoms with van der Waals surface area (Å²) >= 11 is 5.11. The summed E-state index contributed by atoms with van der Waals surface area (Å²) in [4.78, 5) is 12.6. The summed E-state index contributed by atoms with van der Waals surface area (Å²) in [6.45, 7) is 0. The molecule has 98 valence electrons. The fourth-order valence-electron chi connectivity index (χ4n) is 1.62. The second-order valence-corrected chi connectivity index (χ2v) is 5.91. The number of methoxy groups -OCH3 is 1. The van der Waals surface area contributed by atoms with Crippen molar-refractivity contribution in [2.24, 2.45) is 0 Å². The third-order valence-corrected chi connectivity index (χ3v) is 4.05. The van der Waals surface area contributed by atoms with Gasteiger partial charge in [-0.25, -0.2) is 4.79 Å². The van der Waals surface area contributed by atoms with Crippen LogP contribution in [-0.2, 0) is 10.5 Å². The average molecular weight is 337 g/mol.